The molecule has 0 radical (unpaired) electrons. The van der Waals surface area contributed by atoms with E-state index in [4.69, 9.17) is 11.6 Å². The Morgan fingerprint density at radius 2 is 2.20 bits per heavy atom. The van der Waals surface area contributed by atoms with Gasteiger partial charge in [-0.15, -0.1) is 21.8 Å². The molecule has 0 bridgehead atoms. The molecular formula is C11H20ClN3. The van der Waals surface area contributed by atoms with Gasteiger partial charge in [0.05, 0.1) is 5.88 Å². The van der Waals surface area contributed by atoms with Crippen LogP contribution in [0.2, 0.25) is 0 Å². The van der Waals surface area contributed by atoms with E-state index in [-0.39, 0.29) is 0 Å². The first-order valence-corrected chi connectivity index (χ1v) is 6.27. The molecule has 4 heteroatoms. The van der Waals surface area contributed by atoms with Crippen molar-refractivity contribution in [2.24, 2.45) is 0 Å². The van der Waals surface area contributed by atoms with Gasteiger partial charge in [0.1, 0.15) is 12.2 Å². The van der Waals surface area contributed by atoms with E-state index in [0.717, 1.165) is 5.82 Å². The molecule has 0 N–H and O–H groups in total. The van der Waals surface area contributed by atoms with Crippen LogP contribution in [0.25, 0.3) is 0 Å². The van der Waals surface area contributed by atoms with E-state index < -0.39 is 0 Å². The summed E-state index contributed by atoms with van der Waals surface area (Å²) in [4.78, 5) is 0. The monoisotopic (exact) mass is 229 g/mol. The fraction of sp³-hybridized carbons (Fsp3) is 0.818. The summed E-state index contributed by atoms with van der Waals surface area (Å²) in [5.41, 5.74) is 0. The Bertz CT molecular complexity index is 273. The van der Waals surface area contributed by atoms with Gasteiger partial charge in [-0.3, -0.25) is 0 Å². The maximum atomic E-state index is 5.78. The van der Waals surface area contributed by atoms with Gasteiger partial charge in [-0.2, -0.15) is 0 Å². The van der Waals surface area contributed by atoms with E-state index in [1.807, 2.05) is 0 Å². The molecule has 0 amide bonds. The molecule has 0 spiro atoms. The Morgan fingerprint density at radius 3 is 2.87 bits per heavy atom. The van der Waals surface area contributed by atoms with Gasteiger partial charge in [0, 0.05) is 6.04 Å². The van der Waals surface area contributed by atoms with E-state index >= 15 is 0 Å². The Kier molecular flexibility index (Phi) is 5.69. The van der Waals surface area contributed by atoms with Crippen molar-refractivity contribution in [3.63, 3.8) is 0 Å². The van der Waals surface area contributed by atoms with Gasteiger partial charge in [-0.1, -0.05) is 32.6 Å². The van der Waals surface area contributed by atoms with Crippen LogP contribution in [0.15, 0.2) is 6.33 Å². The lowest BCUT2D eigenvalue weighted by Gasteiger charge is -2.14. The van der Waals surface area contributed by atoms with Crippen LogP contribution in [0.5, 0.6) is 0 Å². The quantitative estimate of drug-likeness (QED) is 0.529. The Labute approximate surface area is 96.8 Å². The van der Waals surface area contributed by atoms with Crippen LogP contribution in [0, 0.1) is 0 Å². The van der Waals surface area contributed by atoms with Crippen molar-refractivity contribution in [3.8, 4) is 0 Å². The minimum Gasteiger partial charge on any atom is -0.314 e. The maximum Gasteiger partial charge on any atom is 0.148 e. The van der Waals surface area contributed by atoms with E-state index in [2.05, 4.69) is 28.6 Å². The van der Waals surface area contributed by atoms with Gasteiger partial charge in [0.25, 0.3) is 0 Å². The number of alkyl halides is 1. The molecular weight excluding hydrogens is 210 g/mol. The van der Waals surface area contributed by atoms with Crippen molar-refractivity contribution in [3.05, 3.63) is 12.2 Å². The topological polar surface area (TPSA) is 30.7 Å². The number of unbranched alkanes of at least 4 members (excludes halogenated alkanes) is 3. The molecule has 3 nitrogen and oxygen atoms in total. The van der Waals surface area contributed by atoms with Crippen molar-refractivity contribution in [2.75, 3.05) is 0 Å². The van der Waals surface area contributed by atoms with Crippen LogP contribution in [-0.4, -0.2) is 14.8 Å². The zero-order chi connectivity index (χ0) is 11.1. The first-order valence-electron chi connectivity index (χ1n) is 5.74. The minimum atomic E-state index is 0.444. The molecule has 1 aromatic rings. The number of halogens is 1. The predicted octanol–water partition coefficient (Wildman–Crippen LogP) is 3.55. The van der Waals surface area contributed by atoms with Crippen molar-refractivity contribution in [2.45, 2.75) is 57.9 Å². The van der Waals surface area contributed by atoms with E-state index in [0.29, 0.717) is 11.9 Å². The van der Waals surface area contributed by atoms with Gasteiger partial charge in [-0.25, -0.2) is 0 Å². The second-order valence-corrected chi connectivity index (χ2v) is 4.25. The zero-order valence-corrected chi connectivity index (χ0v) is 10.4. The minimum absolute atomic E-state index is 0.444. The lowest BCUT2D eigenvalue weighted by Crippen LogP contribution is -2.07. The fourth-order valence-corrected chi connectivity index (χ4v) is 1.93. The highest BCUT2D eigenvalue weighted by Gasteiger charge is 2.09. The van der Waals surface area contributed by atoms with Gasteiger partial charge in [-0.05, 0) is 13.3 Å². The highest BCUT2D eigenvalue weighted by atomic mass is 35.5. The summed E-state index contributed by atoms with van der Waals surface area (Å²) < 4.78 is 2.08. The van der Waals surface area contributed by atoms with Crippen LogP contribution in [0.3, 0.4) is 0 Å². The molecule has 0 fully saturated rings. The molecule has 0 aliphatic heterocycles. The average Bonchev–Trinajstić information content (AvgIpc) is 2.72. The zero-order valence-electron chi connectivity index (χ0n) is 9.62. The first-order chi connectivity index (χ1) is 7.29. The van der Waals surface area contributed by atoms with Gasteiger partial charge < -0.3 is 4.57 Å². The lowest BCUT2D eigenvalue weighted by molar-refractivity contribution is 0.462. The molecule has 1 unspecified atom stereocenters. The predicted molar refractivity (Wildman–Crippen MR) is 63.0 cm³/mol. The summed E-state index contributed by atoms with van der Waals surface area (Å²) in [7, 11) is 0. The molecule has 15 heavy (non-hydrogen) atoms. The first kappa shape index (κ1) is 12.5. The number of aromatic nitrogens is 3. The number of hydrogen-bond donors (Lipinski definition) is 0. The van der Waals surface area contributed by atoms with Crippen LogP contribution >= 0.6 is 11.6 Å². The Hall–Kier alpha value is -0.570. The van der Waals surface area contributed by atoms with Crippen molar-refractivity contribution >= 4 is 11.6 Å². The molecule has 1 atom stereocenters. The van der Waals surface area contributed by atoms with Crippen LogP contribution in [0.4, 0.5) is 0 Å². The summed E-state index contributed by atoms with van der Waals surface area (Å²) >= 11 is 5.78. The summed E-state index contributed by atoms with van der Waals surface area (Å²) in [5.74, 6) is 1.32. The summed E-state index contributed by atoms with van der Waals surface area (Å²) in [5, 5.41) is 7.87. The molecule has 1 heterocycles. The van der Waals surface area contributed by atoms with Crippen LogP contribution in [-0.2, 0) is 5.88 Å². The molecule has 0 saturated carbocycles. The highest BCUT2D eigenvalue weighted by molar-refractivity contribution is 6.16. The van der Waals surface area contributed by atoms with E-state index in [1.54, 1.807) is 6.33 Å². The summed E-state index contributed by atoms with van der Waals surface area (Å²) in [6.45, 7) is 4.43. The number of nitrogens with zero attached hydrogens (tertiary/aromatic N) is 3. The molecule has 0 aromatic carbocycles. The SMILES string of the molecule is CCCCCCC(C)n1cnnc1CCl. The largest absolute Gasteiger partial charge is 0.314 e. The molecule has 0 aliphatic carbocycles. The number of hydrogen-bond acceptors (Lipinski definition) is 2. The molecule has 86 valence electrons. The van der Waals surface area contributed by atoms with Crippen LogP contribution < -0.4 is 0 Å². The van der Waals surface area contributed by atoms with Crippen molar-refractivity contribution in [1.82, 2.24) is 14.8 Å². The maximum absolute atomic E-state index is 5.78. The third-order valence-corrected chi connectivity index (χ3v) is 2.96. The van der Waals surface area contributed by atoms with Crippen LogP contribution in [0.1, 0.15) is 57.8 Å². The fourth-order valence-electron chi connectivity index (χ4n) is 1.74. The lowest BCUT2D eigenvalue weighted by atomic mass is 10.1. The average molecular weight is 230 g/mol. The highest BCUT2D eigenvalue weighted by Crippen LogP contribution is 2.17. The van der Waals surface area contributed by atoms with Gasteiger partial charge >= 0.3 is 0 Å². The molecule has 1 aromatic heterocycles. The second-order valence-electron chi connectivity index (χ2n) is 3.99. The second kappa shape index (κ2) is 6.83. The standard InChI is InChI=1S/C11H20ClN3/c1-3-4-5-6-7-10(2)15-9-13-14-11(15)8-12/h9-10H,3-8H2,1-2H3. The van der Waals surface area contributed by atoms with E-state index in [9.17, 15) is 0 Å². The number of rotatable bonds is 7. The van der Waals surface area contributed by atoms with E-state index in [1.165, 1.54) is 32.1 Å². The summed E-state index contributed by atoms with van der Waals surface area (Å²) in [6.07, 6.45) is 8.17. The molecule has 1 rings (SSSR count). The molecule has 0 aliphatic rings. The third kappa shape index (κ3) is 3.82. The normalized spacial score (nSPS) is 13.0. The van der Waals surface area contributed by atoms with Crippen molar-refractivity contribution < 1.29 is 0 Å². The Morgan fingerprint density at radius 1 is 1.40 bits per heavy atom. The van der Waals surface area contributed by atoms with Gasteiger partial charge in [0.2, 0.25) is 0 Å². The third-order valence-electron chi connectivity index (χ3n) is 2.72. The smallest absolute Gasteiger partial charge is 0.148 e. The van der Waals surface area contributed by atoms with Crippen molar-refractivity contribution in [1.29, 1.82) is 0 Å². The van der Waals surface area contributed by atoms with Gasteiger partial charge in [0.15, 0.2) is 0 Å². The summed E-state index contributed by atoms with van der Waals surface area (Å²) in [6, 6.07) is 0.464. The molecule has 0 saturated heterocycles. The Balaban J connectivity index is 2.36.